The first kappa shape index (κ1) is 20.8. The summed E-state index contributed by atoms with van der Waals surface area (Å²) in [6.07, 6.45) is 6.54. The molecule has 1 fully saturated rings. The topological polar surface area (TPSA) is 59.5 Å². The molecule has 7 heteroatoms. The molecule has 0 saturated carbocycles. The van der Waals surface area contributed by atoms with Gasteiger partial charge in [-0.3, -0.25) is 9.88 Å². The monoisotopic (exact) mass is 428 g/mol. The van der Waals surface area contributed by atoms with Crippen LogP contribution in [0.15, 0.2) is 53.7 Å². The van der Waals surface area contributed by atoms with Crippen LogP contribution >= 0.6 is 0 Å². The van der Waals surface area contributed by atoms with E-state index in [1.54, 1.807) is 6.20 Å². The minimum atomic E-state index is -3.40. The van der Waals surface area contributed by atoms with Gasteiger partial charge in [0.2, 0.25) is 0 Å². The van der Waals surface area contributed by atoms with Gasteiger partial charge in [-0.2, -0.15) is 0 Å². The van der Waals surface area contributed by atoms with Crippen LogP contribution in [-0.2, 0) is 16.4 Å². The van der Waals surface area contributed by atoms with Crippen molar-refractivity contribution >= 4 is 20.6 Å². The molecule has 30 heavy (non-hydrogen) atoms. The van der Waals surface area contributed by atoms with Crippen LogP contribution in [-0.4, -0.2) is 43.8 Å². The highest BCUT2D eigenvalue weighted by Crippen LogP contribution is 2.28. The molecule has 0 bridgehead atoms. The molecule has 1 aliphatic heterocycles. The van der Waals surface area contributed by atoms with Crippen molar-refractivity contribution in [2.24, 2.45) is 0 Å². The van der Waals surface area contributed by atoms with Crippen LogP contribution in [0.2, 0.25) is 0 Å². The predicted octanol–water partition coefficient (Wildman–Crippen LogP) is 4.13. The van der Waals surface area contributed by atoms with E-state index in [-0.39, 0.29) is 11.0 Å². The van der Waals surface area contributed by atoms with Gasteiger partial charge in [-0.25, -0.2) is 12.8 Å². The van der Waals surface area contributed by atoms with Crippen LogP contribution in [0.1, 0.15) is 24.0 Å². The average Bonchev–Trinajstić information content (AvgIpc) is 2.69. The molecule has 0 amide bonds. The maximum atomic E-state index is 13.7. The normalized spacial score (nSPS) is 16.1. The van der Waals surface area contributed by atoms with E-state index in [4.69, 9.17) is 4.74 Å². The maximum absolute atomic E-state index is 13.7. The van der Waals surface area contributed by atoms with E-state index in [1.807, 2.05) is 19.2 Å². The zero-order valence-electron chi connectivity index (χ0n) is 17.1. The van der Waals surface area contributed by atoms with Crippen LogP contribution in [0, 0.1) is 12.7 Å². The zero-order valence-corrected chi connectivity index (χ0v) is 18.0. The summed E-state index contributed by atoms with van der Waals surface area (Å²) >= 11 is 0. The lowest BCUT2D eigenvalue weighted by Gasteiger charge is -2.32. The van der Waals surface area contributed by atoms with Gasteiger partial charge in [0.15, 0.2) is 9.84 Å². The summed E-state index contributed by atoms with van der Waals surface area (Å²) in [5.74, 6) is 0.467. The van der Waals surface area contributed by atoms with Crippen LogP contribution < -0.4 is 4.74 Å². The molecule has 0 atom stereocenters. The van der Waals surface area contributed by atoms with Gasteiger partial charge in [0.05, 0.1) is 4.90 Å². The lowest BCUT2D eigenvalue weighted by molar-refractivity contribution is 0.0959. The number of aromatic nitrogens is 1. The molecule has 4 rings (SSSR count). The van der Waals surface area contributed by atoms with Crippen LogP contribution in [0.3, 0.4) is 0 Å². The Morgan fingerprint density at radius 1 is 1.13 bits per heavy atom. The minimum absolute atomic E-state index is 0.0983. The molecular formula is C23H25FN2O3S. The lowest BCUT2D eigenvalue weighted by atomic mass is 10.1. The van der Waals surface area contributed by atoms with Crippen molar-refractivity contribution in [3.63, 3.8) is 0 Å². The van der Waals surface area contributed by atoms with Crippen molar-refractivity contribution < 1.29 is 17.5 Å². The van der Waals surface area contributed by atoms with Crippen LogP contribution in [0.4, 0.5) is 4.39 Å². The SMILES string of the molecule is Cc1cc2cnccc2cc1OC1CCN(Cc2cc(F)ccc2S(C)(=O)=O)CC1. The summed E-state index contributed by atoms with van der Waals surface area (Å²) in [5.41, 5.74) is 1.59. The number of piperidine rings is 1. The van der Waals surface area contributed by atoms with Crippen molar-refractivity contribution in [3.8, 4) is 5.75 Å². The predicted molar refractivity (Wildman–Crippen MR) is 115 cm³/mol. The van der Waals surface area contributed by atoms with E-state index in [9.17, 15) is 12.8 Å². The van der Waals surface area contributed by atoms with Gasteiger partial charge < -0.3 is 4.74 Å². The molecule has 1 aliphatic rings. The summed E-state index contributed by atoms with van der Waals surface area (Å²) in [5, 5.41) is 2.19. The van der Waals surface area contributed by atoms with Gasteiger partial charge in [0, 0.05) is 43.7 Å². The number of hydrogen-bond donors (Lipinski definition) is 0. The Morgan fingerprint density at radius 3 is 2.63 bits per heavy atom. The van der Waals surface area contributed by atoms with E-state index >= 15 is 0 Å². The molecule has 1 saturated heterocycles. The maximum Gasteiger partial charge on any atom is 0.175 e. The van der Waals surface area contributed by atoms with E-state index in [0.29, 0.717) is 12.1 Å². The fraction of sp³-hybridized carbons (Fsp3) is 0.348. The average molecular weight is 429 g/mol. The highest BCUT2D eigenvalue weighted by atomic mass is 32.2. The number of hydrogen-bond acceptors (Lipinski definition) is 5. The summed E-state index contributed by atoms with van der Waals surface area (Å²) in [6, 6.07) is 10.00. The van der Waals surface area contributed by atoms with Crippen molar-refractivity contribution in [2.75, 3.05) is 19.3 Å². The summed E-state index contributed by atoms with van der Waals surface area (Å²) in [6.45, 7) is 3.98. The molecule has 2 heterocycles. The molecule has 0 unspecified atom stereocenters. The quantitative estimate of drug-likeness (QED) is 0.572. The van der Waals surface area contributed by atoms with E-state index in [2.05, 4.69) is 22.0 Å². The Labute approximate surface area is 176 Å². The lowest BCUT2D eigenvalue weighted by Crippen LogP contribution is -2.38. The highest BCUT2D eigenvalue weighted by Gasteiger charge is 2.23. The van der Waals surface area contributed by atoms with Gasteiger partial charge in [0.25, 0.3) is 0 Å². The van der Waals surface area contributed by atoms with E-state index in [0.717, 1.165) is 54.3 Å². The molecule has 0 spiro atoms. The first-order chi connectivity index (χ1) is 14.3. The summed E-state index contributed by atoms with van der Waals surface area (Å²) < 4.78 is 44.0. The van der Waals surface area contributed by atoms with E-state index < -0.39 is 15.7 Å². The second-order valence-electron chi connectivity index (χ2n) is 7.96. The van der Waals surface area contributed by atoms with Crippen LogP contribution in [0.25, 0.3) is 10.8 Å². The third-order valence-electron chi connectivity index (χ3n) is 5.58. The van der Waals surface area contributed by atoms with Crippen molar-refractivity contribution in [3.05, 3.63) is 65.7 Å². The number of benzene rings is 2. The second-order valence-corrected chi connectivity index (χ2v) is 9.94. The second kappa shape index (κ2) is 8.32. The third kappa shape index (κ3) is 4.63. The number of aryl methyl sites for hydroxylation is 1. The Hall–Kier alpha value is -2.51. The van der Waals surface area contributed by atoms with Gasteiger partial charge in [-0.05, 0) is 72.7 Å². The fourth-order valence-electron chi connectivity index (χ4n) is 3.99. The molecular weight excluding hydrogens is 403 g/mol. The number of fused-ring (bicyclic) bond motifs is 1. The van der Waals surface area contributed by atoms with E-state index in [1.165, 1.54) is 18.2 Å². The highest BCUT2D eigenvalue weighted by molar-refractivity contribution is 7.90. The number of nitrogens with zero attached hydrogens (tertiary/aromatic N) is 2. The standard InChI is InChI=1S/C23H25FN2O3S/c1-16-11-18-14-25-8-5-17(18)13-22(16)29-21-6-9-26(10-7-21)15-19-12-20(24)3-4-23(19)30(2,27)28/h3-5,8,11-14,21H,6-7,9-10,15H2,1-2H3. The zero-order chi connectivity index (χ0) is 21.3. The number of rotatable bonds is 5. The Bertz CT molecular complexity index is 1170. The molecule has 3 aromatic rings. The molecule has 0 aliphatic carbocycles. The van der Waals surface area contributed by atoms with Gasteiger partial charge in [-0.15, -0.1) is 0 Å². The number of halogens is 1. The number of pyridine rings is 1. The summed E-state index contributed by atoms with van der Waals surface area (Å²) in [4.78, 5) is 6.51. The van der Waals surface area contributed by atoms with Gasteiger partial charge >= 0.3 is 0 Å². The number of ether oxygens (including phenoxy) is 1. The molecule has 1 aromatic heterocycles. The van der Waals surface area contributed by atoms with Crippen molar-refractivity contribution in [1.29, 1.82) is 0 Å². The first-order valence-electron chi connectivity index (χ1n) is 10.0. The molecule has 0 radical (unpaired) electrons. The fourth-order valence-corrected chi connectivity index (χ4v) is 4.91. The first-order valence-corrected chi connectivity index (χ1v) is 11.9. The molecule has 2 aromatic carbocycles. The largest absolute Gasteiger partial charge is 0.490 e. The van der Waals surface area contributed by atoms with Gasteiger partial charge in [-0.1, -0.05) is 0 Å². The smallest absolute Gasteiger partial charge is 0.175 e. The summed E-state index contributed by atoms with van der Waals surface area (Å²) in [7, 11) is -3.40. The number of sulfone groups is 1. The van der Waals surface area contributed by atoms with Gasteiger partial charge in [0.1, 0.15) is 17.7 Å². The van der Waals surface area contributed by atoms with Crippen LogP contribution in [0.5, 0.6) is 5.75 Å². The number of likely N-dealkylation sites (tertiary alicyclic amines) is 1. The van der Waals surface area contributed by atoms with Crippen molar-refractivity contribution in [2.45, 2.75) is 37.3 Å². The molecule has 5 nitrogen and oxygen atoms in total. The Morgan fingerprint density at radius 2 is 1.90 bits per heavy atom. The Balaban J connectivity index is 1.42. The molecule has 0 N–H and O–H groups in total. The minimum Gasteiger partial charge on any atom is -0.490 e. The molecule has 158 valence electrons. The van der Waals surface area contributed by atoms with Crippen molar-refractivity contribution in [1.82, 2.24) is 9.88 Å². The third-order valence-corrected chi connectivity index (χ3v) is 6.78. The Kier molecular flexibility index (Phi) is 5.75.